The van der Waals surface area contributed by atoms with Gasteiger partial charge in [0.15, 0.2) is 5.95 Å². The van der Waals surface area contributed by atoms with E-state index in [0.717, 1.165) is 22.9 Å². The fourth-order valence-corrected chi connectivity index (χ4v) is 1.35. The highest BCUT2D eigenvalue weighted by Gasteiger charge is 2.04. The molecule has 72 valence electrons. The SMILES string of the molecule is CNc1ncc(-c2cccnc2C)[nH]1. The molecule has 0 aliphatic rings. The van der Waals surface area contributed by atoms with Crippen LogP contribution in [0.15, 0.2) is 24.5 Å². The summed E-state index contributed by atoms with van der Waals surface area (Å²) in [5.41, 5.74) is 3.07. The number of pyridine rings is 1. The number of H-pyrrole nitrogens is 1. The summed E-state index contributed by atoms with van der Waals surface area (Å²) < 4.78 is 0. The first kappa shape index (κ1) is 8.74. The summed E-state index contributed by atoms with van der Waals surface area (Å²) >= 11 is 0. The van der Waals surface area contributed by atoms with E-state index in [-0.39, 0.29) is 0 Å². The number of aromatic nitrogens is 3. The number of imidazole rings is 1. The Hall–Kier alpha value is -1.84. The summed E-state index contributed by atoms with van der Waals surface area (Å²) in [6.07, 6.45) is 3.59. The van der Waals surface area contributed by atoms with Gasteiger partial charge in [-0.05, 0) is 19.1 Å². The molecular formula is C10H12N4. The van der Waals surface area contributed by atoms with Crippen molar-refractivity contribution in [3.05, 3.63) is 30.2 Å². The van der Waals surface area contributed by atoms with Gasteiger partial charge in [-0.3, -0.25) is 4.98 Å². The Morgan fingerprint density at radius 2 is 2.21 bits per heavy atom. The Labute approximate surface area is 82.4 Å². The Balaban J connectivity index is 2.44. The molecule has 2 aromatic heterocycles. The smallest absolute Gasteiger partial charge is 0.200 e. The number of rotatable bonds is 2. The number of hydrogen-bond donors (Lipinski definition) is 2. The van der Waals surface area contributed by atoms with Crippen LogP contribution in [0.5, 0.6) is 0 Å². The highest BCUT2D eigenvalue weighted by molar-refractivity contribution is 5.62. The second-order valence-corrected chi connectivity index (χ2v) is 3.03. The molecule has 2 aromatic rings. The summed E-state index contributed by atoms with van der Waals surface area (Å²) in [6.45, 7) is 1.98. The van der Waals surface area contributed by atoms with E-state index in [1.165, 1.54) is 0 Å². The van der Waals surface area contributed by atoms with Gasteiger partial charge in [0.05, 0.1) is 11.9 Å². The molecule has 0 aliphatic heterocycles. The molecule has 2 N–H and O–H groups in total. The molecule has 0 aromatic carbocycles. The van der Waals surface area contributed by atoms with Gasteiger partial charge in [0.2, 0.25) is 0 Å². The minimum atomic E-state index is 0.767. The topological polar surface area (TPSA) is 53.6 Å². The van der Waals surface area contributed by atoms with Crippen LogP contribution in [0.2, 0.25) is 0 Å². The van der Waals surface area contributed by atoms with Gasteiger partial charge >= 0.3 is 0 Å². The van der Waals surface area contributed by atoms with E-state index in [0.29, 0.717) is 0 Å². The van der Waals surface area contributed by atoms with E-state index in [1.54, 1.807) is 12.4 Å². The van der Waals surface area contributed by atoms with Crippen LogP contribution in [0.25, 0.3) is 11.3 Å². The van der Waals surface area contributed by atoms with Gasteiger partial charge in [0.25, 0.3) is 0 Å². The number of aryl methyl sites for hydroxylation is 1. The first-order valence-electron chi connectivity index (χ1n) is 4.46. The normalized spacial score (nSPS) is 10.1. The zero-order valence-corrected chi connectivity index (χ0v) is 8.20. The maximum atomic E-state index is 4.22. The van der Waals surface area contributed by atoms with E-state index < -0.39 is 0 Å². The maximum Gasteiger partial charge on any atom is 0.200 e. The molecule has 0 saturated carbocycles. The van der Waals surface area contributed by atoms with Crippen LogP contribution in [0.3, 0.4) is 0 Å². The minimum absolute atomic E-state index is 0.767. The average molecular weight is 188 g/mol. The molecule has 0 unspecified atom stereocenters. The lowest BCUT2D eigenvalue weighted by atomic mass is 10.1. The lowest BCUT2D eigenvalue weighted by Gasteiger charge is -2.00. The van der Waals surface area contributed by atoms with E-state index >= 15 is 0 Å². The van der Waals surface area contributed by atoms with Gasteiger partial charge < -0.3 is 10.3 Å². The standard InChI is InChI=1S/C10H12N4/c1-7-8(4-3-5-12-7)9-6-13-10(11-2)14-9/h3-6H,1-2H3,(H2,11,13,14). The second-order valence-electron chi connectivity index (χ2n) is 3.03. The Morgan fingerprint density at radius 1 is 1.36 bits per heavy atom. The summed E-state index contributed by atoms with van der Waals surface area (Å²) in [7, 11) is 1.83. The highest BCUT2D eigenvalue weighted by Crippen LogP contribution is 2.20. The fourth-order valence-electron chi connectivity index (χ4n) is 1.35. The summed E-state index contributed by atoms with van der Waals surface area (Å²) in [6, 6.07) is 3.94. The maximum absolute atomic E-state index is 4.22. The van der Waals surface area contributed by atoms with Crippen LogP contribution in [-0.2, 0) is 0 Å². The van der Waals surface area contributed by atoms with Crippen LogP contribution in [0.4, 0.5) is 5.95 Å². The number of anilines is 1. The van der Waals surface area contributed by atoms with Gasteiger partial charge in [0.1, 0.15) is 0 Å². The fraction of sp³-hybridized carbons (Fsp3) is 0.200. The summed E-state index contributed by atoms with van der Waals surface area (Å²) in [4.78, 5) is 11.5. The molecule has 0 spiro atoms. The Bertz CT molecular complexity index is 433. The third-order valence-electron chi connectivity index (χ3n) is 2.11. The number of aromatic amines is 1. The highest BCUT2D eigenvalue weighted by atomic mass is 15.1. The molecule has 4 heteroatoms. The molecule has 0 radical (unpaired) electrons. The molecule has 0 fully saturated rings. The van der Waals surface area contributed by atoms with Crippen molar-refractivity contribution >= 4 is 5.95 Å². The minimum Gasteiger partial charge on any atom is -0.359 e. The zero-order chi connectivity index (χ0) is 9.97. The van der Waals surface area contributed by atoms with Gasteiger partial charge in [-0.15, -0.1) is 0 Å². The zero-order valence-electron chi connectivity index (χ0n) is 8.20. The van der Waals surface area contributed by atoms with Gasteiger partial charge in [0, 0.05) is 24.5 Å². The first-order chi connectivity index (χ1) is 6.81. The number of nitrogens with one attached hydrogen (secondary N) is 2. The van der Waals surface area contributed by atoms with E-state index in [4.69, 9.17) is 0 Å². The van der Waals surface area contributed by atoms with Crippen molar-refractivity contribution < 1.29 is 0 Å². The van der Waals surface area contributed by atoms with Crippen molar-refractivity contribution in [3.8, 4) is 11.3 Å². The Morgan fingerprint density at radius 3 is 2.86 bits per heavy atom. The monoisotopic (exact) mass is 188 g/mol. The quantitative estimate of drug-likeness (QED) is 0.755. The average Bonchev–Trinajstić information content (AvgIpc) is 2.67. The predicted molar refractivity (Wildman–Crippen MR) is 56.1 cm³/mol. The van der Waals surface area contributed by atoms with Gasteiger partial charge in [-0.25, -0.2) is 4.98 Å². The molecule has 2 heterocycles. The third kappa shape index (κ3) is 1.46. The van der Waals surface area contributed by atoms with Crippen molar-refractivity contribution in [2.75, 3.05) is 12.4 Å². The van der Waals surface area contributed by atoms with Crippen molar-refractivity contribution in [2.45, 2.75) is 6.92 Å². The number of nitrogens with zero attached hydrogens (tertiary/aromatic N) is 2. The predicted octanol–water partition coefficient (Wildman–Crippen LogP) is 1.82. The van der Waals surface area contributed by atoms with Gasteiger partial charge in [-0.2, -0.15) is 0 Å². The lowest BCUT2D eigenvalue weighted by Crippen LogP contribution is -1.90. The van der Waals surface area contributed by atoms with Crippen molar-refractivity contribution in [2.24, 2.45) is 0 Å². The molecule has 0 aliphatic carbocycles. The largest absolute Gasteiger partial charge is 0.359 e. The molecule has 0 bridgehead atoms. The number of hydrogen-bond acceptors (Lipinski definition) is 3. The Kier molecular flexibility index (Phi) is 2.18. The first-order valence-corrected chi connectivity index (χ1v) is 4.46. The third-order valence-corrected chi connectivity index (χ3v) is 2.11. The van der Waals surface area contributed by atoms with Crippen LogP contribution >= 0.6 is 0 Å². The lowest BCUT2D eigenvalue weighted by molar-refractivity contribution is 1.19. The van der Waals surface area contributed by atoms with E-state index in [9.17, 15) is 0 Å². The van der Waals surface area contributed by atoms with Gasteiger partial charge in [-0.1, -0.05) is 0 Å². The van der Waals surface area contributed by atoms with Crippen molar-refractivity contribution in [1.82, 2.24) is 15.0 Å². The summed E-state index contributed by atoms with van der Waals surface area (Å²) in [5, 5.41) is 2.95. The molecular weight excluding hydrogens is 176 g/mol. The van der Waals surface area contributed by atoms with Crippen LogP contribution in [0.1, 0.15) is 5.69 Å². The molecule has 0 saturated heterocycles. The second kappa shape index (κ2) is 3.49. The van der Waals surface area contributed by atoms with Crippen LogP contribution in [0, 0.1) is 6.92 Å². The van der Waals surface area contributed by atoms with Crippen molar-refractivity contribution in [3.63, 3.8) is 0 Å². The summed E-state index contributed by atoms with van der Waals surface area (Å²) in [5.74, 6) is 0.767. The molecule has 4 nitrogen and oxygen atoms in total. The van der Waals surface area contributed by atoms with E-state index in [2.05, 4.69) is 20.3 Å². The molecule has 0 amide bonds. The van der Waals surface area contributed by atoms with Crippen LogP contribution < -0.4 is 5.32 Å². The van der Waals surface area contributed by atoms with Crippen LogP contribution in [-0.4, -0.2) is 22.0 Å². The molecule has 0 atom stereocenters. The molecule has 14 heavy (non-hydrogen) atoms. The van der Waals surface area contributed by atoms with E-state index in [1.807, 2.05) is 26.1 Å². The molecule has 2 rings (SSSR count). The van der Waals surface area contributed by atoms with Crippen molar-refractivity contribution in [1.29, 1.82) is 0 Å².